The van der Waals surface area contributed by atoms with Gasteiger partial charge in [0.25, 0.3) is 0 Å². The average molecular weight is 293 g/mol. The van der Waals surface area contributed by atoms with Crippen molar-refractivity contribution in [2.24, 2.45) is 0 Å². The van der Waals surface area contributed by atoms with Crippen LogP contribution in [-0.4, -0.2) is 41.0 Å². The van der Waals surface area contributed by atoms with Crippen LogP contribution in [0.4, 0.5) is 0 Å². The SMILES string of the molecule is CCc1nc([C-]=O)c2n1CC[N+](C)(C)C2.[Rb+]. The Kier molecular flexibility index (Phi) is 5.08. The van der Waals surface area contributed by atoms with E-state index in [9.17, 15) is 4.79 Å². The second-order valence-corrected chi connectivity index (χ2v) is 4.75. The Labute approximate surface area is 145 Å². The van der Waals surface area contributed by atoms with E-state index < -0.39 is 0 Å². The maximum atomic E-state index is 10.8. The van der Waals surface area contributed by atoms with Crippen molar-refractivity contribution in [2.45, 2.75) is 26.4 Å². The number of hydrogen-bond acceptors (Lipinski definition) is 2. The first kappa shape index (κ1) is 14.7. The molecule has 82 valence electrons. The van der Waals surface area contributed by atoms with Crippen LogP contribution in [0.3, 0.4) is 0 Å². The van der Waals surface area contributed by atoms with Crippen molar-refractivity contribution in [1.82, 2.24) is 9.55 Å². The van der Waals surface area contributed by atoms with Crippen LogP contribution in [0.1, 0.15) is 24.1 Å². The summed E-state index contributed by atoms with van der Waals surface area (Å²) in [5, 5.41) is 0. The van der Waals surface area contributed by atoms with E-state index in [-0.39, 0.29) is 58.2 Å². The van der Waals surface area contributed by atoms with E-state index >= 15 is 0 Å². The molecule has 0 atom stereocenters. The normalized spacial score (nSPS) is 17.4. The number of nitrogens with zero attached hydrogens (tertiary/aromatic N) is 3. The molecule has 0 aliphatic carbocycles. The molecule has 0 saturated carbocycles. The molecule has 0 fully saturated rings. The largest absolute Gasteiger partial charge is 1.00 e. The molecule has 1 aliphatic heterocycles. The van der Waals surface area contributed by atoms with Crippen LogP contribution in [0.25, 0.3) is 0 Å². The third-order valence-electron chi connectivity index (χ3n) is 3.07. The van der Waals surface area contributed by atoms with E-state index in [1.807, 2.05) is 6.29 Å². The summed E-state index contributed by atoms with van der Waals surface area (Å²) >= 11 is 0. The first-order valence-electron chi connectivity index (χ1n) is 5.36. The van der Waals surface area contributed by atoms with Crippen LogP contribution in [-0.2, 0) is 24.3 Å². The zero-order valence-corrected chi connectivity index (χ0v) is 15.5. The number of hydrogen-bond donors (Lipinski definition) is 0. The molecule has 1 aromatic rings. The maximum Gasteiger partial charge on any atom is 1.00 e. The molecule has 0 amide bonds. The van der Waals surface area contributed by atoms with Gasteiger partial charge in [0.1, 0.15) is 0 Å². The van der Waals surface area contributed by atoms with E-state index in [0.29, 0.717) is 5.69 Å². The van der Waals surface area contributed by atoms with Crippen LogP contribution in [0.15, 0.2) is 0 Å². The smallest absolute Gasteiger partial charge is 0.417 e. The standard InChI is InChI=1S/C11H17N3O.Rb/c1-4-11-12-9(8-15)10-7-14(2,3)6-5-13(10)11;/h4-7H2,1-3H3;/q;+1. The summed E-state index contributed by atoms with van der Waals surface area (Å²) in [6, 6.07) is 0. The second-order valence-electron chi connectivity index (χ2n) is 4.75. The molecular weight excluding hydrogens is 276 g/mol. The molecule has 0 radical (unpaired) electrons. The number of rotatable bonds is 2. The average Bonchev–Trinajstić information content (AvgIpc) is 2.53. The minimum atomic E-state index is 0. The molecule has 0 saturated heterocycles. The van der Waals surface area contributed by atoms with Crippen molar-refractivity contribution >= 4 is 6.29 Å². The third kappa shape index (κ3) is 2.72. The summed E-state index contributed by atoms with van der Waals surface area (Å²) in [5.74, 6) is 1.02. The molecule has 2 rings (SSSR count). The van der Waals surface area contributed by atoms with Crippen LogP contribution in [0, 0.1) is 0 Å². The Morgan fingerprint density at radius 3 is 2.75 bits per heavy atom. The number of quaternary nitrogens is 1. The van der Waals surface area contributed by atoms with Crippen molar-refractivity contribution in [1.29, 1.82) is 0 Å². The molecule has 2 heterocycles. The van der Waals surface area contributed by atoms with Crippen LogP contribution >= 0.6 is 0 Å². The van der Waals surface area contributed by atoms with Crippen LogP contribution in [0.2, 0.25) is 0 Å². The molecule has 5 heteroatoms. The molecule has 0 unspecified atom stereocenters. The van der Waals surface area contributed by atoms with E-state index in [4.69, 9.17) is 0 Å². The zero-order chi connectivity index (χ0) is 11.1. The topological polar surface area (TPSA) is 34.9 Å². The van der Waals surface area contributed by atoms with Crippen molar-refractivity contribution in [3.63, 3.8) is 0 Å². The summed E-state index contributed by atoms with van der Waals surface area (Å²) in [6.07, 6.45) is 2.83. The summed E-state index contributed by atoms with van der Waals surface area (Å²) in [7, 11) is 4.35. The van der Waals surface area contributed by atoms with Gasteiger partial charge in [0.2, 0.25) is 0 Å². The Morgan fingerprint density at radius 2 is 2.19 bits per heavy atom. The monoisotopic (exact) mass is 292 g/mol. The summed E-state index contributed by atoms with van der Waals surface area (Å²) in [5.41, 5.74) is 1.57. The van der Waals surface area contributed by atoms with Gasteiger partial charge in [-0.2, -0.15) is 0 Å². The Morgan fingerprint density at radius 1 is 1.50 bits per heavy atom. The molecule has 0 N–H and O–H groups in total. The second kappa shape index (κ2) is 5.52. The van der Waals surface area contributed by atoms with Gasteiger partial charge in [0.15, 0.2) is 0 Å². The molecule has 1 aliphatic rings. The molecule has 0 bridgehead atoms. The number of aryl methyl sites for hydroxylation is 1. The van der Waals surface area contributed by atoms with Gasteiger partial charge in [-0.05, 0) is 11.4 Å². The number of carbonyl (C=O) groups excluding carboxylic acids is 1. The van der Waals surface area contributed by atoms with Crippen molar-refractivity contribution in [3.05, 3.63) is 17.2 Å². The maximum absolute atomic E-state index is 10.8. The molecular formula is C11H17N3ORb+. The number of imidazole rings is 1. The fourth-order valence-electron chi connectivity index (χ4n) is 2.17. The van der Waals surface area contributed by atoms with Gasteiger partial charge in [-0.25, -0.2) is 0 Å². The predicted molar refractivity (Wildman–Crippen MR) is 57.1 cm³/mol. The summed E-state index contributed by atoms with van der Waals surface area (Å²) in [4.78, 5) is 15.1. The van der Waals surface area contributed by atoms with E-state index in [1.54, 1.807) is 0 Å². The van der Waals surface area contributed by atoms with Crippen LogP contribution in [0.5, 0.6) is 0 Å². The fraction of sp³-hybridized carbons (Fsp3) is 0.636. The molecule has 0 spiro atoms. The van der Waals surface area contributed by atoms with Gasteiger partial charge in [-0.3, -0.25) is 4.98 Å². The number of aromatic nitrogens is 2. The quantitative estimate of drug-likeness (QED) is 0.446. The van der Waals surface area contributed by atoms with Crippen LogP contribution < -0.4 is 58.2 Å². The van der Waals surface area contributed by atoms with Crippen molar-refractivity contribution in [3.8, 4) is 0 Å². The Hall–Kier alpha value is 0.645. The number of fused-ring (bicyclic) bond motifs is 1. The minimum Gasteiger partial charge on any atom is -0.417 e. The van der Waals surface area contributed by atoms with E-state index in [2.05, 4.69) is 30.6 Å². The molecule has 4 nitrogen and oxygen atoms in total. The zero-order valence-electron chi connectivity index (χ0n) is 10.6. The first-order valence-corrected chi connectivity index (χ1v) is 5.36. The molecule has 16 heavy (non-hydrogen) atoms. The third-order valence-corrected chi connectivity index (χ3v) is 3.07. The fourth-order valence-corrected chi connectivity index (χ4v) is 2.17. The summed E-state index contributed by atoms with van der Waals surface area (Å²) in [6.45, 7) is 4.99. The van der Waals surface area contributed by atoms with E-state index in [0.717, 1.165) is 42.1 Å². The predicted octanol–water partition coefficient (Wildman–Crippen LogP) is -2.50. The Bertz CT molecular complexity index is 398. The van der Waals surface area contributed by atoms with E-state index in [1.165, 1.54) is 0 Å². The van der Waals surface area contributed by atoms with Gasteiger partial charge < -0.3 is 13.8 Å². The van der Waals surface area contributed by atoms with Gasteiger partial charge in [-0.15, -0.1) is 0 Å². The molecule has 1 aromatic heterocycles. The van der Waals surface area contributed by atoms with Gasteiger partial charge in [0.05, 0.1) is 39.6 Å². The number of likely N-dealkylation sites (N-methyl/N-ethyl adjacent to an activating group) is 1. The van der Waals surface area contributed by atoms with Gasteiger partial charge in [-0.1, -0.05) is 6.92 Å². The van der Waals surface area contributed by atoms with Crippen molar-refractivity contribution < 1.29 is 67.5 Å². The van der Waals surface area contributed by atoms with Gasteiger partial charge >= 0.3 is 58.2 Å². The Balaban J connectivity index is 0.00000128. The van der Waals surface area contributed by atoms with Gasteiger partial charge in [0, 0.05) is 12.7 Å². The molecule has 0 aromatic carbocycles. The first-order chi connectivity index (χ1) is 7.07. The summed E-state index contributed by atoms with van der Waals surface area (Å²) < 4.78 is 3.10. The van der Waals surface area contributed by atoms with Crippen molar-refractivity contribution in [2.75, 3.05) is 20.6 Å². The minimum absolute atomic E-state index is 0.